The van der Waals surface area contributed by atoms with Crippen LogP contribution in [0.5, 0.6) is 11.5 Å². The lowest BCUT2D eigenvalue weighted by atomic mass is 10.1. The Morgan fingerprint density at radius 2 is 2.07 bits per heavy atom. The zero-order valence-electron chi connectivity index (χ0n) is 15.7. The Bertz CT molecular complexity index is 968. The van der Waals surface area contributed by atoms with Gasteiger partial charge < -0.3 is 19.4 Å². The molecule has 0 saturated carbocycles. The SMILES string of the molecule is COc1cccc(C(NC(=O)COc2ccccc2C=O)c2nccn2C)c1. The first-order chi connectivity index (χ1) is 13.6. The maximum absolute atomic E-state index is 12.6. The molecule has 28 heavy (non-hydrogen) atoms. The van der Waals surface area contributed by atoms with Crippen molar-refractivity contribution < 1.29 is 19.1 Å². The van der Waals surface area contributed by atoms with Gasteiger partial charge in [-0.15, -0.1) is 0 Å². The van der Waals surface area contributed by atoms with Gasteiger partial charge in [0.05, 0.1) is 12.7 Å². The second kappa shape index (κ2) is 8.85. The highest BCUT2D eigenvalue weighted by Gasteiger charge is 2.21. The molecule has 2 aromatic carbocycles. The molecule has 0 saturated heterocycles. The molecule has 3 rings (SSSR count). The molecule has 0 bridgehead atoms. The van der Waals surface area contributed by atoms with E-state index in [1.54, 1.807) is 37.6 Å². The average molecular weight is 379 g/mol. The Morgan fingerprint density at radius 1 is 1.25 bits per heavy atom. The fourth-order valence-corrected chi connectivity index (χ4v) is 2.83. The summed E-state index contributed by atoms with van der Waals surface area (Å²) in [5.74, 6) is 1.39. The largest absolute Gasteiger partial charge is 0.497 e. The molecule has 1 unspecified atom stereocenters. The first kappa shape index (κ1) is 19.2. The van der Waals surface area contributed by atoms with E-state index in [4.69, 9.17) is 9.47 Å². The van der Waals surface area contributed by atoms with Crippen LogP contribution in [0.1, 0.15) is 27.8 Å². The number of aromatic nitrogens is 2. The van der Waals surface area contributed by atoms with Gasteiger partial charge in [-0.3, -0.25) is 9.59 Å². The topological polar surface area (TPSA) is 82.4 Å². The van der Waals surface area contributed by atoms with Gasteiger partial charge in [-0.25, -0.2) is 4.98 Å². The highest BCUT2D eigenvalue weighted by Crippen LogP contribution is 2.24. The molecule has 7 nitrogen and oxygen atoms in total. The lowest BCUT2D eigenvalue weighted by Crippen LogP contribution is -2.34. The van der Waals surface area contributed by atoms with Crippen molar-refractivity contribution in [2.45, 2.75) is 6.04 Å². The normalized spacial score (nSPS) is 11.5. The predicted octanol–water partition coefficient (Wildman–Crippen LogP) is 2.53. The van der Waals surface area contributed by atoms with Crippen molar-refractivity contribution in [3.63, 3.8) is 0 Å². The molecule has 1 heterocycles. The van der Waals surface area contributed by atoms with Crippen LogP contribution < -0.4 is 14.8 Å². The van der Waals surface area contributed by atoms with E-state index in [1.807, 2.05) is 42.1 Å². The van der Waals surface area contributed by atoms with Crippen LogP contribution in [0, 0.1) is 0 Å². The number of hydrogen-bond donors (Lipinski definition) is 1. The van der Waals surface area contributed by atoms with Crippen LogP contribution in [0.15, 0.2) is 60.9 Å². The zero-order valence-corrected chi connectivity index (χ0v) is 15.7. The van der Waals surface area contributed by atoms with Crippen LogP contribution in [0.2, 0.25) is 0 Å². The number of carbonyl (C=O) groups excluding carboxylic acids is 2. The van der Waals surface area contributed by atoms with E-state index in [0.717, 1.165) is 5.56 Å². The molecule has 144 valence electrons. The summed E-state index contributed by atoms with van der Waals surface area (Å²) in [6.07, 6.45) is 4.18. The Labute approximate surface area is 162 Å². The minimum Gasteiger partial charge on any atom is -0.497 e. The molecule has 0 spiro atoms. The fourth-order valence-electron chi connectivity index (χ4n) is 2.83. The van der Waals surface area contributed by atoms with Gasteiger partial charge >= 0.3 is 0 Å². The predicted molar refractivity (Wildman–Crippen MR) is 104 cm³/mol. The maximum Gasteiger partial charge on any atom is 0.258 e. The zero-order chi connectivity index (χ0) is 19.9. The van der Waals surface area contributed by atoms with Gasteiger partial charge in [-0.2, -0.15) is 0 Å². The van der Waals surface area contributed by atoms with E-state index in [1.165, 1.54) is 0 Å². The van der Waals surface area contributed by atoms with Gasteiger partial charge in [0.25, 0.3) is 5.91 Å². The third kappa shape index (κ3) is 4.37. The Morgan fingerprint density at radius 3 is 2.79 bits per heavy atom. The number of hydrogen-bond acceptors (Lipinski definition) is 5. The minimum absolute atomic E-state index is 0.226. The molecule has 3 aromatic rings. The Balaban J connectivity index is 1.78. The molecular formula is C21H21N3O4. The summed E-state index contributed by atoms with van der Waals surface area (Å²) in [7, 11) is 3.45. The Kier molecular flexibility index (Phi) is 6.06. The molecule has 1 N–H and O–H groups in total. The van der Waals surface area contributed by atoms with E-state index in [9.17, 15) is 9.59 Å². The van der Waals surface area contributed by atoms with Gasteiger partial charge in [-0.1, -0.05) is 24.3 Å². The third-order valence-electron chi connectivity index (χ3n) is 4.25. The summed E-state index contributed by atoms with van der Waals surface area (Å²) in [5.41, 5.74) is 1.22. The van der Waals surface area contributed by atoms with E-state index in [2.05, 4.69) is 10.3 Å². The molecular weight excluding hydrogens is 358 g/mol. The number of imidazole rings is 1. The molecule has 0 radical (unpaired) electrons. The first-order valence-corrected chi connectivity index (χ1v) is 8.70. The van der Waals surface area contributed by atoms with Crippen LogP contribution in [-0.4, -0.2) is 35.5 Å². The number of amides is 1. The number of carbonyl (C=O) groups is 2. The Hall–Kier alpha value is -3.61. The van der Waals surface area contributed by atoms with Crippen LogP contribution in [0.3, 0.4) is 0 Å². The minimum atomic E-state index is -0.479. The van der Waals surface area contributed by atoms with Gasteiger partial charge in [-0.05, 0) is 29.8 Å². The number of ether oxygens (including phenoxy) is 2. The van der Waals surface area contributed by atoms with Crippen LogP contribution in [0.25, 0.3) is 0 Å². The standard InChI is InChI=1S/C21H21N3O4/c1-24-11-10-22-21(24)20(15-7-5-8-17(12-15)27-2)23-19(26)14-28-18-9-4-3-6-16(18)13-25/h3-13,20H,14H2,1-2H3,(H,23,26). The van der Waals surface area contributed by atoms with Crippen LogP contribution >= 0.6 is 0 Å². The van der Waals surface area contributed by atoms with E-state index in [-0.39, 0.29) is 12.5 Å². The van der Waals surface area contributed by atoms with Gasteiger partial charge in [0.2, 0.25) is 0 Å². The summed E-state index contributed by atoms with van der Waals surface area (Å²) in [6.45, 7) is -0.226. The van der Waals surface area contributed by atoms with Crippen LogP contribution in [0.4, 0.5) is 0 Å². The molecule has 1 aromatic heterocycles. The van der Waals surface area contributed by atoms with Crippen molar-refractivity contribution in [2.24, 2.45) is 7.05 Å². The number of aldehydes is 1. The number of methoxy groups -OCH3 is 1. The van der Waals surface area contributed by atoms with E-state index < -0.39 is 6.04 Å². The molecule has 7 heteroatoms. The summed E-state index contributed by atoms with van der Waals surface area (Å²) < 4.78 is 12.7. The maximum atomic E-state index is 12.6. The highest BCUT2D eigenvalue weighted by molar-refractivity contribution is 5.81. The first-order valence-electron chi connectivity index (χ1n) is 8.70. The lowest BCUT2D eigenvalue weighted by Gasteiger charge is -2.20. The van der Waals surface area contributed by atoms with E-state index in [0.29, 0.717) is 29.2 Å². The molecule has 1 atom stereocenters. The number of benzene rings is 2. The average Bonchev–Trinajstić information content (AvgIpc) is 3.16. The number of rotatable bonds is 8. The molecule has 0 aliphatic rings. The van der Waals surface area contributed by atoms with Crippen molar-refractivity contribution in [1.29, 1.82) is 0 Å². The summed E-state index contributed by atoms with van der Waals surface area (Å²) >= 11 is 0. The smallest absolute Gasteiger partial charge is 0.258 e. The third-order valence-corrected chi connectivity index (χ3v) is 4.25. The van der Waals surface area contributed by atoms with Crippen molar-refractivity contribution in [1.82, 2.24) is 14.9 Å². The fraction of sp³-hybridized carbons (Fsp3) is 0.190. The van der Waals surface area contributed by atoms with Gasteiger partial charge in [0.15, 0.2) is 12.9 Å². The number of nitrogens with one attached hydrogen (secondary N) is 1. The molecule has 0 fully saturated rings. The quantitative estimate of drug-likeness (QED) is 0.608. The van der Waals surface area contributed by atoms with Crippen molar-refractivity contribution in [3.05, 3.63) is 77.9 Å². The van der Waals surface area contributed by atoms with Crippen molar-refractivity contribution in [3.8, 4) is 11.5 Å². The highest BCUT2D eigenvalue weighted by atomic mass is 16.5. The van der Waals surface area contributed by atoms with Gasteiger partial charge in [0, 0.05) is 19.4 Å². The van der Waals surface area contributed by atoms with E-state index >= 15 is 0 Å². The molecule has 0 aliphatic heterocycles. The lowest BCUT2D eigenvalue weighted by molar-refractivity contribution is -0.123. The summed E-state index contributed by atoms with van der Waals surface area (Å²) in [5, 5.41) is 2.94. The second-order valence-corrected chi connectivity index (χ2v) is 6.12. The number of nitrogens with zero attached hydrogens (tertiary/aromatic N) is 2. The summed E-state index contributed by atoms with van der Waals surface area (Å²) in [6, 6.07) is 13.7. The summed E-state index contributed by atoms with van der Waals surface area (Å²) in [4.78, 5) is 28.0. The van der Waals surface area contributed by atoms with Crippen molar-refractivity contribution in [2.75, 3.05) is 13.7 Å². The molecule has 1 amide bonds. The van der Waals surface area contributed by atoms with Gasteiger partial charge in [0.1, 0.15) is 23.4 Å². The number of aryl methyl sites for hydroxylation is 1. The second-order valence-electron chi connectivity index (χ2n) is 6.12. The van der Waals surface area contributed by atoms with Crippen molar-refractivity contribution >= 4 is 12.2 Å². The monoisotopic (exact) mass is 379 g/mol. The molecule has 0 aliphatic carbocycles. The van der Waals surface area contributed by atoms with Crippen LogP contribution in [-0.2, 0) is 11.8 Å². The number of para-hydroxylation sites is 1.